The Balaban J connectivity index is 1.85. The molecule has 0 bridgehead atoms. The summed E-state index contributed by atoms with van der Waals surface area (Å²) in [5.74, 6) is 0.398. The maximum absolute atomic E-state index is 12.9. The molecular formula is C24H28N2O6. The fourth-order valence-corrected chi connectivity index (χ4v) is 3.55. The molecule has 8 nitrogen and oxygen atoms in total. The van der Waals surface area contributed by atoms with E-state index in [4.69, 9.17) is 13.6 Å². The lowest BCUT2D eigenvalue weighted by Crippen LogP contribution is -2.35. The zero-order valence-electron chi connectivity index (χ0n) is 18.6. The summed E-state index contributed by atoms with van der Waals surface area (Å²) in [7, 11) is 5.36. The first-order chi connectivity index (χ1) is 15.3. The lowest BCUT2D eigenvalue weighted by atomic mass is 9.91. The third kappa shape index (κ3) is 5.39. The number of hydrogen-bond acceptors (Lipinski definition) is 7. The molecule has 0 spiro atoms. The number of amides is 1. The SMILES string of the molecule is COc1ccc(C(CC(=O)NCC(c2ccco2)N(C)C)c2oc(C)cc(=O)c2O)cc1. The average molecular weight is 440 g/mol. The zero-order chi connectivity index (χ0) is 23.3. The van der Waals surface area contributed by atoms with Gasteiger partial charge in [-0.15, -0.1) is 0 Å². The van der Waals surface area contributed by atoms with Crippen LogP contribution in [0.25, 0.3) is 0 Å². The lowest BCUT2D eigenvalue weighted by molar-refractivity contribution is -0.121. The number of carbonyl (C=O) groups is 1. The molecular weight excluding hydrogens is 412 g/mol. The molecule has 0 saturated carbocycles. The maximum atomic E-state index is 12.9. The highest BCUT2D eigenvalue weighted by Gasteiger charge is 2.26. The summed E-state index contributed by atoms with van der Waals surface area (Å²) >= 11 is 0. The van der Waals surface area contributed by atoms with Gasteiger partial charge in [0.25, 0.3) is 0 Å². The molecule has 170 valence electrons. The van der Waals surface area contributed by atoms with Gasteiger partial charge in [0.2, 0.25) is 17.1 Å². The van der Waals surface area contributed by atoms with E-state index in [0.29, 0.717) is 23.6 Å². The minimum absolute atomic E-state index is 0.0232. The minimum Gasteiger partial charge on any atom is -0.502 e. The van der Waals surface area contributed by atoms with Crippen molar-refractivity contribution in [1.29, 1.82) is 0 Å². The zero-order valence-corrected chi connectivity index (χ0v) is 18.6. The summed E-state index contributed by atoms with van der Waals surface area (Å²) in [4.78, 5) is 27.0. The number of methoxy groups -OCH3 is 1. The number of aromatic hydroxyl groups is 1. The van der Waals surface area contributed by atoms with Gasteiger partial charge in [-0.25, -0.2) is 0 Å². The smallest absolute Gasteiger partial charge is 0.227 e. The molecule has 3 rings (SSSR count). The fourth-order valence-electron chi connectivity index (χ4n) is 3.55. The molecule has 2 aromatic heterocycles. The first-order valence-corrected chi connectivity index (χ1v) is 10.2. The van der Waals surface area contributed by atoms with Gasteiger partial charge in [0.1, 0.15) is 17.3 Å². The van der Waals surface area contributed by atoms with E-state index in [9.17, 15) is 14.7 Å². The minimum atomic E-state index is -0.657. The predicted octanol–water partition coefficient (Wildman–Crippen LogP) is 3.20. The van der Waals surface area contributed by atoms with Gasteiger partial charge in [-0.05, 0) is 50.8 Å². The molecule has 8 heteroatoms. The standard InChI is InChI=1S/C24H28N2O6/c1-15-12-20(27)23(29)24(32-15)18(16-7-9-17(30-4)10-8-16)13-22(28)25-14-19(26(2)3)21-6-5-11-31-21/h5-12,18-19,29H,13-14H2,1-4H3,(H,25,28). The van der Waals surface area contributed by atoms with E-state index < -0.39 is 17.1 Å². The normalized spacial score (nSPS) is 13.0. The molecule has 1 amide bonds. The van der Waals surface area contributed by atoms with Crippen LogP contribution in [0.5, 0.6) is 11.5 Å². The Morgan fingerprint density at radius 2 is 1.94 bits per heavy atom. The summed E-state index contributed by atoms with van der Waals surface area (Å²) in [6.07, 6.45) is 1.57. The van der Waals surface area contributed by atoms with Crippen LogP contribution >= 0.6 is 0 Å². The van der Waals surface area contributed by atoms with E-state index in [2.05, 4.69) is 5.32 Å². The Labute approximate surface area is 186 Å². The molecule has 0 aliphatic carbocycles. The number of carbonyl (C=O) groups excluding carboxylic acids is 1. The predicted molar refractivity (Wildman–Crippen MR) is 119 cm³/mol. The number of nitrogens with one attached hydrogen (secondary N) is 1. The molecule has 0 fully saturated rings. The summed E-state index contributed by atoms with van der Waals surface area (Å²) in [5, 5.41) is 13.3. The van der Waals surface area contributed by atoms with E-state index in [-0.39, 0.29) is 24.1 Å². The van der Waals surface area contributed by atoms with Gasteiger partial charge in [0.15, 0.2) is 5.76 Å². The molecule has 3 aromatic rings. The van der Waals surface area contributed by atoms with Crippen molar-refractivity contribution in [2.24, 2.45) is 0 Å². The van der Waals surface area contributed by atoms with Crippen LogP contribution in [0.1, 0.15) is 41.2 Å². The second-order valence-electron chi connectivity index (χ2n) is 7.76. The highest BCUT2D eigenvalue weighted by Crippen LogP contribution is 2.33. The van der Waals surface area contributed by atoms with E-state index >= 15 is 0 Å². The van der Waals surface area contributed by atoms with E-state index in [0.717, 1.165) is 5.76 Å². The van der Waals surface area contributed by atoms with Crippen molar-refractivity contribution >= 4 is 5.91 Å². The van der Waals surface area contributed by atoms with Gasteiger partial charge in [0, 0.05) is 19.0 Å². The molecule has 0 aliphatic heterocycles. The molecule has 32 heavy (non-hydrogen) atoms. The Bertz CT molecular complexity index is 1090. The van der Waals surface area contributed by atoms with Crippen molar-refractivity contribution in [2.75, 3.05) is 27.7 Å². The highest BCUT2D eigenvalue weighted by molar-refractivity contribution is 5.77. The van der Waals surface area contributed by atoms with Crippen LogP contribution in [0.4, 0.5) is 0 Å². The number of ether oxygens (including phenoxy) is 1. The number of nitrogens with zero attached hydrogens (tertiary/aromatic N) is 1. The van der Waals surface area contributed by atoms with Crippen LogP contribution in [0.2, 0.25) is 0 Å². The Kier molecular flexibility index (Phi) is 7.37. The van der Waals surface area contributed by atoms with Crippen molar-refractivity contribution in [3.05, 3.63) is 81.8 Å². The molecule has 2 heterocycles. The number of rotatable bonds is 9. The highest BCUT2D eigenvalue weighted by atomic mass is 16.5. The lowest BCUT2D eigenvalue weighted by Gasteiger charge is -2.23. The van der Waals surface area contributed by atoms with E-state index in [1.54, 1.807) is 50.6 Å². The van der Waals surface area contributed by atoms with Gasteiger partial charge in [-0.3, -0.25) is 14.5 Å². The van der Waals surface area contributed by atoms with Gasteiger partial charge < -0.3 is 24.0 Å². The van der Waals surface area contributed by atoms with Crippen LogP contribution in [-0.4, -0.2) is 43.7 Å². The van der Waals surface area contributed by atoms with Crippen LogP contribution in [0.15, 0.2) is 62.4 Å². The molecule has 0 aliphatic rings. The number of aryl methyl sites for hydroxylation is 1. The second kappa shape index (κ2) is 10.2. The quantitative estimate of drug-likeness (QED) is 0.526. The maximum Gasteiger partial charge on any atom is 0.227 e. The number of benzene rings is 1. The van der Waals surface area contributed by atoms with Crippen LogP contribution in [0, 0.1) is 6.92 Å². The largest absolute Gasteiger partial charge is 0.502 e. The molecule has 2 unspecified atom stereocenters. The van der Waals surface area contributed by atoms with Gasteiger partial charge >= 0.3 is 0 Å². The average Bonchev–Trinajstić information content (AvgIpc) is 3.29. The second-order valence-corrected chi connectivity index (χ2v) is 7.76. The van der Waals surface area contributed by atoms with Gasteiger partial charge in [0.05, 0.1) is 25.3 Å². The van der Waals surface area contributed by atoms with Crippen molar-refractivity contribution < 1.29 is 23.5 Å². The van der Waals surface area contributed by atoms with E-state index in [1.807, 2.05) is 25.1 Å². The van der Waals surface area contributed by atoms with Crippen LogP contribution in [0.3, 0.4) is 0 Å². The number of furan rings is 1. The summed E-state index contributed by atoms with van der Waals surface area (Å²) < 4.78 is 16.4. The van der Waals surface area contributed by atoms with Crippen molar-refractivity contribution in [2.45, 2.75) is 25.3 Å². The molecule has 1 aromatic carbocycles. The number of hydrogen-bond donors (Lipinski definition) is 2. The molecule has 2 N–H and O–H groups in total. The Hall–Kier alpha value is -3.52. The molecule has 0 radical (unpaired) electrons. The third-order valence-electron chi connectivity index (χ3n) is 5.28. The molecule has 2 atom stereocenters. The Morgan fingerprint density at radius 3 is 2.53 bits per heavy atom. The van der Waals surface area contributed by atoms with Gasteiger partial charge in [-0.1, -0.05) is 12.1 Å². The first-order valence-electron chi connectivity index (χ1n) is 10.2. The topological polar surface area (TPSA) is 105 Å². The first kappa shape index (κ1) is 23.1. The van der Waals surface area contributed by atoms with Crippen LogP contribution < -0.4 is 15.5 Å². The third-order valence-corrected chi connectivity index (χ3v) is 5.28. The number of likely N-dealkylation sites (N-methyl/N-ethyl adjacent to an activating group) is 1. The van der Waals surface area contributed by atoms with Crippen molar-refractivity contribution in [3.63, 3.8) is 0 Å². The van der Waals surface area contributed by atoms with E-state index in [1.165, 1.54) is 6.07 Å². The van der Waals surface area contributed by atoms with Gasteiger partial charge in [-0.2, -0.15) is 0 Å². The van der Waals surface area contributed by atoms with Crippen molar-refractivity contribution in [1.82, 2.24) is 10.2 Å². The molecule has 0 saturated heterocycles. The van der Waals surface area contributed by atoms with Crippen LogP contribution in [-0.2, 0) is 4.79 Å². The summed E-state index contributed by atoms with van der Waals surface area (Å²) in [6, 6.07) is 11.8. The summed E-state index contributed by atoms with van der Waals surface area (Å²) in [5.41, 5.74) is 0.161. The fraction of sp³-hybridized carbons (Fsp3) is 0.333. The Morgan fingerprint density at radius 1 is 1.22 bits per heavy atom. The van der Waals surface area contributed by atoms with Crippen molar-refractivity contribution in [3.8, 4) is 11.5 Å². The monoisotopic (exact) mass is 440 g/mol. The summed E-state index contributed by atoms with van der Waals surface area (Å²) in [6.45, 7) is 1.96.